The molecular formula is C13H15F2NO4S. The Morgan fingerprint density at radius 3 is 2.38 bits per heavy atom. The molecule has 1 fully saturated rings. The minimum absolute atomic E-state index is 0.0218. The van der Waals surface area contributed by atoms with Crippen LogP contribution in [0.1, 0.15) is 17.9 Å². The molecule has 0 bridgehead atoms. The number of amides is 1. The van der Waals surface area contributed by atoms with E-state index in [1.165, 1.54) is 7.11 Å². The molecule has 8 heteroatoms. The molecule has 1 amide bonds. The summed E-state index contributed by atoms with van der Waals surface area (Å²) < 4.78 is 55.2. The predicted molar refractivity (Wildman–Crippen MR) is 71.7 cm³/mol. The van der Waals surface area contributed by atoms with Gasteiger partial charge in [-0.15, -0.1) is 0 Å². The molecule has 116 valence electrons. The van der Waals surface area contributed by atoms with Crippen LogP contribution < -0.4 is 4.74 Å². The second kappa shape index (κ2) is 5.59. The van der Waals surface area contributed by atoms with Gasteiger partial charge < -0.3 is 9.64 Å². The van der Waals surface area contributed by atoms with E-state index >= 15 is 0 Å². The maximum atomic E-state index is 14.0. The fourth-order valence-corrected chi connectivity index (χ4v) is 3.26. The molecule has 1 aliphatic rings. The highest BCUT2D eigenvalue weighted by Gasteiger charge is 2.35. The van der Waals surface area contributed by atoms with Crippen molar-refractivity contribution in [3.05, 3.63) is 29.3 Å². The SMILES string of the molecule is COc1cc(F)c([C@H]2CC(=O)N(CS(C)(=O)=O)C2)c(F)c1. The number of sulfone groups is 1. The van der Waals surface area contributed by atoms with Crippen molar-refractivity contribution in [2.45, 2.75) is 12.3 Å². The number of ether oxygens (including phenoxy) is 1. The Morgan fingerprint density at radius 1 is 1.33 bits per heavy atom. The number of halogens is 2. The number of hydrogen-bond donors (Lipinski definition) is 0. The summed E-state index contributed by atoms with van der Waals surface area (Å²) in [4.78, 5) is 12.9. The first-order chi connectivity index (χ1) is 9.71. The molecule has 1 aliphatic heterocycles. The van der Waals surface area contributed by atoms with Crippen molar-refractivity contribution >= 4 is 15.7 Å². The number of benzene rings is 1. The fraction of sp³-hybridized carbons (Fsp3) is 0.462. The van der Waals surface area contributed by atoms with Gasteiger partial charge >= 0.3 is 0 Å². The average molecular weight is 319 g/mol. The third-order valence-corrected chi connectivity index (χ3v) is 4.08. The van der Waals surface area contributed by atoms with Gasteiger partial charge in [0.2, 0.25) is 5.91 Å². The van der Waals surface area contributed by atoms with Crippen LogP contribution in [0.15, 0.2) is 12.1 Å². The van der Waals surface area contributed by atoms with Gasteiger partial charge in [-0.05, 0) is 0 Å². The van der Waals surface area contributed by atoms with Gasteiger partial charge in [-0.2, -0.15) is 0 Å². The van der Waals surface area contributed by atoms with Crippen molar-refractivity contribution in [2.24, 2.45) is 0 Å². The van der Waals surface area contributed by atoms with Crippen LogP contribution in [0.3, 0.4) is 0 Å². The van der Waals surface area contributed by atoms with Crippen molar-refractivity contribution in [1.29, 1.82) is 0 Å². The Labute approximate surface area is 121 Å². The third-order valence-electron chi connectivity index (χ3n) is 3.30. The summed E-state index contributed by atoms with van der Waals surface area (Å²) >= 11 is 0. The molecule has 1 heterocycles. The zero-order valence-corrected chi connectivity index (χ0v) is 12.4. The lowest BCUT2D eigenvalue weighted by Crippen LogP contribution is -2.30. The second-order valence-corrected chi connectivity index (χ2v) is 7.19. The Balaban J connectivity index is 2.27. The van der Waals surface area contributed by atoms with Crippen molar-refractivity contribution < 1.29 is 26.7 Å². The van der Waals surface area contributed by atoms with E-state index in [9.17, 15) is 22.0 Å². The summed E-state index contributed by atoms with van der Waals surface area (Å²) in [5.41, 5.74) is -0.208. The summed E-state index contributed by atoms with van der Waals surface area (Å²) in [7, 11) is -2.09. The Bertz CT molecular complexity index is 652. The van der Waals surface area contributed by atoms with Crippen LogP contribution in [0.5, 0.6) is 5.75 Å². The number of nitrogens with zero attached hydrogens (tertiary/aromatic N) is 1. The number of rotatable bonds is 4. The highest BCUT2D eigenvalue weighted by Crippen LogP contribution is 2.33. The van der Waals surface area contributed by atoms with Crippen LogP contribution in [0.2, 0.25) is 0 Å². The zero-order valence-electron chi connectivity index (χ0n) is 11.6. The van der Waals surface area contributed by atoms with E-state index < -0.39 is 39.2 Å². The van der Waals surface area contributed by atoms with Gasteiger partial charge in [0.1, 0.15) is 23.3 Å². The monoisotopic (exact) mass is 319 g/mol. The van der Waals surface area contributed by atoms with Crippen LogP contribution in [0, 0.1) is 11.6 Å². The summed E-state index contributed by atoms with van der Waals surface area (Å²) in [6.07, 6.45) is 0.887. The first-order valence-corrected chi connectivity index (χ1v) is 8.25. The fourth-order valence-electron chi connectivity index (χ4n) is 2.44. The van der Waals surface area contributed by atoms with Crippen LogP contribution >= 0.6 is 0 Å². The van der Waals surface area contributed by atoms with Gasteiger partial charge in [-0.1, -0.05) is 0 Å². The highest BCUT2D eigenvalue weighted by atomic mass is 32.2. The van der Waals surface area contributed by atoms with Gasteiger partial charge in [0.15, 0.2) is 9.84 Å². The van der Waals surface area contributed by atoms with Crippen LogP contribution in [0.25, 0.3) is 0 Å². The topological polar surface area (TPSA) is 63.7 Å². The number of carbonyl (C=O) groups excluding carboxylic acids is 1. The molecule has 0 saturated carbocycles. The first kappa shape index (κ1) is 15.7. The van der Waals surface area contributed by atoms with Gasteiger partial charge in [0.05, 0.1) is 7.11 Å². The third kappa shape index (κ3) is 3.49. The summed E-state index contributed by atoms with van der Waals surface area (Å²) in [5, 5.41) is 0. The summed E-state index contributed by atoms with van der Waals surface area (Å²) in [5.74, 6) is -3.13. The maximum absolute atomic E-state index is 14.0. The molecular weight excluding hydrogens is 304 g/mol. The van der Waals surface area contributed by atoms with Crippen molar-refractivity contribution in [1.82, 2.24) is 4.90 Å². The lowest BCUT2D eigenvalue weighted by atomic mass is 9.97. The lowest BCUT2D eigenvalue weighted by Gasteiger charge is -2.16. The van der Waals surface area contributed by atoms with E-state index in [-0.39, 0.29) is 24.3 Å². The Hall–Kier alpha value is -1.70. The molecule has 1 saturated heterocycles. The normalized spacial score (nSPS) is 19.1. The number of likely N-dealkylation sites (tertiary alicyclic amines) is 1. The van der Waals surface area contributed by atoms with E-state index in [1.807, 2.05) is 0 Å². The molecule has 0 aliphatic carbocycles. The summed E-state index contributed by atoms with van der Waals surface area (Å²) in [6.45, 7) is -0.0218. The van der Waals surface area contributed by atoms with Crippen LogP contribution in [-0.2, 0) is 14.6 Å². The molecule has 0 aromatic heterocycles. The molecule has 0 unspecified atom stereocenters. The molecule has 5 nitrogen and oxygen atoms in total. The number of hydrogen-bond acceptors (Lipinski definition) is 4. The van der Waals surface area contributed by atoms with Gasteiger partial charge in [0, 0.05) is 42.8 Å². The molecule has 1 aromatic rings. The minimum Gasteiger partial charge on any atom is -0.497 e. The Morgan fingerprint density at radius 2 is 1.90 bits per heavy atom. The van der Waals surface area contributed by atoms with Gasteiger partial charge in [-0.25, -0.2) is 17.2 Å². The van der Waals surface area contributed by atoms with E-state index in [0.29, 0.717) is 0 Å². The van der Waals surface area contributed by atoms with Crippen molar-refractivity contribution in [3.8, 4) is 5.75 Å². The molecule has 0 N–H and O–H groups in total. The van der Waals surface area contributed by atoms with Gasteiger partial charge in [-0.3, -0.25) is 4.79 Å². The average Bonchev–Trinajstić information content (AvgIpc) is 2.67. The van der Waals surface area contributed by atoms with E-state index in [0.717, 1.165) is 23.3 Å². The second-order valence-electron chi connectivity index (χ2n) is 5.08. The lowest BCUT2D eigenvalue weighted by molar-refractivity contribution is -0.126. The molecule has 0 spiro atoms. The Kier molecular flexibility index (Phi) is 4.18. The standard InChI is InChI=1S/C13H15F2NO4S/c1-20-9-4-10(14)13(11(15)5-9)8-3-12(17)16(6-8)7-21(2,18)19/h4-5,8H,3,6-7H2,1-2H3/t8-/m0/s1. The summed E-state index contributed by atoms with van der Waals surface area (Å²) in [6, 6.07) is 2.09. The van der Waals surface area contributed by atoms with Crippen LogP contribution in [0.4, 0.5) is 8.78 Å². The van der Waals surface area contributed by atoms with Crippen LogP contribution in [-0.4, -0.2) is 45.0 Å². The van der Waals surface area contributed by atoms with E-state index in [1.54, 1.807) is 0 Å². The smallest absolute Gasteiger partial charge is 0.224 e. The van der Waals surface area contributed by atoms with E-state index in [2.05, 4.69) is 0 Å². The quantitative estimate of drug-likeness (QED) is 0.839. The predicted octanol–water partition coefficient (Wildman–Crippen LogP) is 1.29. The molecule has 2 rings (SSSR count). The maximum Gasteiger partial charge on any atom is 0.224 e. The zero-order chi connectivity index (χ0) is 15.8. The van der Waals surface area contributed by atoms with Crippen molar-refractivity contribution in [2.75, 3.05) is 25.8 Å². The highest BCUT2D eigenvalue weighted by molar-refractivity contribution is 7.90. The molecule has 1 aromatic carbocycles. The van der Waals surface area contributed by atoms with E-state index in [4.69, 9.17) is 4.74 Å². The molecule has 1 atom stereocenters. The molecule has 0 radical (unpaired) electrons. The molecule has 21 heavy (non-hydrogen) atoms. The minimum atomic E-state index is -3.38. The van der Waals surface area contributed by atoms with Crippen molar-refractivity contribution in [3.63, 3.8) is 0 Å². The van der Waals surface area contributed by atoms with Gasteiger partial charge in [0.25, 0.3) is 0 Å². The largest absolute Gasteiger partial charge is 0.497 e. The first-order valence-electron chi connectivity index (χ1n) is 6.19. The number of methoxy groups -OCH3 is 1. The number of carbonyl (C=O) groups is 1.